The number of likely N-dealkylation sites (N-methyl/N-ethyl adjacent to an activating group) is 1. The van der Waals surface area contributed by atoms with Crippen LogP contribution in [-0.2, 0) is 13.0 Å². The Kier molecular flexibility index (Phi) is 5.95. The van der Waals surface area contributed by atoms with Gasteiger partial charge in [0, 0.05) is 49.9 Å². The second-order valence-electron chi connectivity index (χ2n) is 9.69. The molecule has 1 aliphatic rings. The summed E-state index contributed by atoms with van der Waals surface area (Å²) in [6, 6.07) is 14.8. The first kappa shape index (κ1) is 22.3. The van der Waals surface area contributed by atoms with E-state index in [4.69, 9.17) is 9.97 Å². The molecule has 0 saturated carbocycles. The average Bonchev–Trinajstić information content (AvgIpc) is 2.72. The first-order valence-electron chi connectivity index (χ1n) is 11.3. The lowest BCUT2D eigenvalue weighted by Crippen LogP contribution is -2.39. The molecule has 4 rings (SSSR count). The third kappa shape index (κ3) is 4.49. The lowest BCUT2D eigenvalue weighted by Gasteiger charge is -2.35. The van der Waals surface area contributed by atoms with E-state index in [1.807, 2.05) is 20.9 Å². The highest BCUT2D eigenvalue weighted by Crippen LogP contribution is 2.34. The van der Waals surface area contributed by atoms with E-state index in [2.05, 4.69) is 73.0 Å². The van der Waals surface area contributed by atoms with Crippen LogP contribution in [0.25, 0.3) is 11.4 Å². The SMILES string of the molecule is Cc1ccccc1N1CCc2nc(-c3c(C)cccc3C)nc(N(C)CC(C)(C)O)c2C1. The predicted molar refractivity (Wildman–Crippen MR) is 132 cm³/mol. The zero-order valence-corrected chi connectivity index (χ0v) is 20.1. The molecule has 0 spiro atoms. The van der Waals surface area contributed by atoms with Crippen molar-refractivity contribution in [2.45, 2.75) is 53.2 Å². The molecule has 0 radical (unpaired) electrons. The molecule has 0 bridgehead atoms. The summed E-state index contributed by atoms with van der Waals surface area (Å²) in [5, 5.41) is 10.5. The minimum atomic E-state index is -0.824. The van der Waals surface area contributed by atoms with Gasteiger partial charge >= 0.3 is 0 Å². The van der Waals surface area contributed by atoms with Crippen molar-refractivity contribution in [2.75, 3.05) is 29.9 Å². The fraction of sp³-hybridized carbons (Fsp3) is 0.407. The molecule has 2 aromatic carbocycles. The third-order valence-electron chi connectivity index (χ3n) is 6.18. The number of hydrogen-bond acceptors (Lipinski definition) is 5. The van der Waals surface area contributed by atoms with Crippen molar-refractivity contribution >= 4 is 11.5 Å². The molecule has 0 fully saturated rings. The van der Waals surface area contributed by atoms with Crippen molar-refractivity contribution in [2.24, 2.45) is 0 Å². The van der Waals surface area contributed by atoms with Crippen LogP contribution in [0.3, 0.4) is 0 Å². The number of anilines is 2. The van der Waals surface area contributed by atoms with Gasteiger partial charge in [0.15, 0.2) is 5.82 Å². The van der Waals surface area contributed by atoms with Gasteiger partial charge in [0.2, 0.25) is 0 Å². The molecule has 2 heterocycles. The van der Waals surface area contributed by atoms with Crippen molar-refractivity contribution in [3.05, 3.63) is 70.4 Å². The molecular formula is C27H34N4O. The quantitative estimate of drug-likeness (QED) is 0.628. The van der Waals surface area contributed by atoms with E-state index < -0.39 is 5.60 Å². The Hall–Kier alpha value is -2.92. The molecule has 5 heteroatoms. The van der Waals surface area contributed by atoms with Crippen LogP contribution in [0.1, 0.15) is 41.8 Å². The Morgan fingerprint density at radius 3 is 2.28 bits per heavy atom. The van der Waals surface area contributed by atoms with E-state index in [9.17, 15) is 5.11 Å². The molecule has 32 heavy (non-hydrogen) atoms. The van der Waals surface area contributed by atoms with Crippen LogP contribution in [0, 0.1) is 20.8 Å². The maximum atomic E-state index is 10.5. The molecule has 1 aromatic heterocycles. The first-order valence-corrected chi connectivity index (χ1v) is 11.3. The highest BCUT2D eigenvalue weighted by Gasteiger charge is 2.27. The number of fused-ring (bicyclic) bond motifs is 1. The second kappa shape index (κ2) is 8.55. The van der Waals surface area contributed by atoms with E-state index in [0.717, 1.165) is 48.0 Å². The van der Waals surface area contributed by atoms with Gasteiger partial charge in [-0.1, -0.05) is 36.4 Å². The summed E-state index contributed by atoms with van der Waals surface area (Å²) in [6.45, 7) is 12.2. The maximum absolute atomic E-state index is 10.5. The van der Waals surface area contributed by atoms with E-state index in [0.29, 0.717) is 6.54 Å². The molecule has 1 aliphatic heterocycles. The molecule has 1 N–H and O–H groups in total. The van der Waals surface area contributed by atoms with Crippen LogP contribution < -0.4 is 9.80 Å². The van der Waals surface area contributed by atoms with Crippen molar-refractivity contribution in [1.29, 1.82) is 0 Å². The Bertz CT molecular complexity index is 1110. The molecule has 3 aromatic rings. The number of aliphatic hydroxyl groups is 1. The highest BCUT2D eigenvalue weighted by atomic mass is 16.3. The summed E-state index contributed by atoms with van der Waals surface area (Å²) in [6.07, 6.45) is 0.869. The van der Waals surface area contributed by atoms with E-state index in [-0.39, 0.29) is 0 Å². The zero-order chi connectivity index (χ0) is 23.0. The third-order valence-corrected chi connectivity index (χ3v) is 6.18. The van der Waals surface area contributed by atoms with Gasteiger partial charge in [-0.05, 0) is 57.4 Å². The molecule has 168 valence electrons. The second-order valence-corrected chi connectivity index (χ2v) is 9.69. The van der Waals surface area contributed by atoms with E-state index in [1.54, 1.807) is 0 Å². The van der Waals surface area contributed by atoms with Crippen molar-refractivity contribution in [3.8, 4) is 11.4 Å². The first-order chi connectivity index (χ1) is 15.1. The Morgan fingerprint density at radius 2 is 1.62 bits per heavy atom. The van der Waals surface area contributed by atoms with Gasteiger partial charge in [0.05, 0.1) is 11.3 Å². The smallest absolute Gasteiger partial charge is 0.162 e. The predicted octanol–water partition coefficient (Wildman–Crippen LogP) is 4.84. The summed E-state index contributed by atoms with van der Waals surface area (Å²) >= 11 is 0. The summed E-state index contributed by atoms with van der Waals surface area (Å²) in [5.41, 5.74) is 7.44. The fourth-order valence-corrected chi connectivity index (χ4v) is 4.77. The number of rotatable bonds is 5. The van der Waals surface area contributed by atoms with Crippen molar-refractivity contribution in [1.82, 2.24) is 9.97 Å². The van der Waals surface area contributed by atoms with Gasteiger partial charge in [0.25, 0.3) is 0 Å². The van der Waals surface area contributed by atoms with Gasteiger partial charge in [-0.15, -0.1) is 0 Å². The van der Waals surface area contributed by atoms with Gasteiger partial charge in [-0.3, -0.25) is 0 Å². The minimum Gasteiger partial charge on any atom is -0.389 e. The Morgan fingerprint density at radius 1 is 0.969 bits per heavy atom. The molecule has 0 unspecified atom stereocenters. The number of para-hydroxylation sites is 1. The van der Waals surface area contributed by atoms with Gasteiger partial charge in [-0.2, -0.15) is 0 Å². The van der Waals surface area contributed by atoms with Crippen LogP contribution in [0.4, 0.5) is 11.5 Å². The Balaban J connectivity index is 1.83. The van der Waals surface area contributed by atoms with Crippen LogP contribution in [0.15, 0.2) is 42.5 Å². The maximum Gasteiger partial charge on any atom is 0.162 e. The average molecular weight is 431 g/mol. The largest absolute Gasteiger partial charge is 0.389 e. The van der Waals surface area contributed by atoms with Crippen molar-refractivity contribution in [3.63, 3.8) is 0 Å². The molecule has 5 nitrogen and oxygen atoms in total. The molecule has 0 amide bonds. The minimum absolute atomic E-state index is 0.493. The van der Waals surface area contributed by atoms with Crippen LogP contribution in [-0.4, -0.2) is 40.8 Å². The topological polar surface area (TPSA) is 52.5 Å². The number of aromatic nitrogens is 2. The monoisotopic (exact) mass is 430 g/mol. The van der Waals surface area contributed by atoms with Gasteiger partial charge < -0.3 is 14.9 Å². The number of hydrogen-bond donors (Lipinski definition) is 1. The summed E-state index contributed by atoms with van der Waals surface area (Å²) < 4.78 is 0. The number of benzene rings is 2. The van der Waals surface area contributed by atoms with Gasteiger partial charge in [0.1, 0.15) is 5.82 Å². The molecule has 0 aliphatic carbocycles. The van der Waals surface area contributed by atoms with Crippen LogP contribution >= 0.6 is 0 Å². The lowest BCUT2D eigenvalue weighted by molar-refractivity contribution is 0.0884. The highest BCUT2D eigenvalue weighted by molar-refractivity contribution is 5.68. The fourth-order valence-electron chi connectivity index (χ4n) is 4.77. The number of nitrogens with zero attached hydrogens (tertiary/aromatic N) is 4. The summed E-state index contributed by atoms with van der Waals surface area (Å²) in [5.74, 6) is 1.69. The summed E-state index contributed by atoms with van der Waals surface area (Å²) in [4.78, 5) is 14.7. The molecule has 0 saturated heterocycles. The normalized spacial score (nSPS) is 13.8. The Labute approximate surface area is 191 Å². The number of aryl methyl sites for hydroxylation is 3. The molecule has 0 atom stereocenters. The molecular weight excluding hydrogens is 396 g/mol. The van der Waals surface area contributed by atoms with Gasteiger partial charge in [-0.25, -0.2) is 9.97 Å². The van der Waals surface area contributed by atoms with Crippen LogP contribution in [0.5, 0.6) is 0 Å². The lowest BCUT2D eigenvalue weighted by atomic mass is 9.99. The van der Waals surface area contributed by atoms with Crippen LogP contribution in [0.2, 0.25) is 0 Å². The van der Waals surface area contributed by atoms with E-state index >= 15 is 0 Å². The standard InChI is InChI=1S/C27H34N4O/c1-18-10-7-8-13-23(18)31-15-14-22-21(16-31)26(30(6)17-27(4,5)32)29-25(28-22)24-19(2)11-9-12-20(24)3/h7-13,32H,14-17H2,1-6H3. The van der Waals surface area contributed by atoms with Crippen molar-refractivity contribution < 1.29 is 5.11 Å². The summed E-state index contributed by atoms with van der Waals surface area (Å²) in [7, 11) is 2.02. The van der Waals surface area contributed by atoms with E-state index in [1.165, 1.54) is 22.4 Å². The zero-order valence-electron chi connectivity index (χ0n) is 20.1.